The standard InChI is InChI=1S/C18H14O4/c1-3-4-13-5-7-15(8-6-13)18(20)22-16-11-9-14(10-12-16)17(19)21-2/h5-12H,1-2H3. The van der Waals surface area contributed by atoms with E-state index in [2.05, 4.69) is 16.6 Å². The molecule has 2 aromatic rings. The van der Waals surface area contributed by atoms with Crippen LogP contribution >= 0.6 is 0 Å². The molecule has 0 spiro atoms. The van der Waals surface area contributed by atoms with E-state index in [0.717, 1.165) is 5.56 Å². The molecule has 0 fully saturated rings. The fourth-order valence-corrected chi connectivity index (χ4v) is 1.78. The van der Waals surface area contributed by atoms with Gasteiger partial charge in [0.25, 0.3) is 0 Å². The van der Waals surface area contributed by atoms with E-state index in [1.165, 1.54) is 19.2 Å². The molecule has 2 rings (SSSR count). The third kappa shape index (κ3) is 3.74. The van der Waals surface area contributed by atoms with Crippen LogP contribution in [0.15, 0.2) is 48.5 Å². The van der Waals surface area contributed by atoms with E-state index >= 15 is 0 Å². The van der Waals surface area contributed by atoms with Gasteiger partial charge in [-0.25, -0.2) is 9.59 Å². The maximum atomic E-state index is 12.0. The van der Waals surface area contributed by atoms with Crippen LogP contribution in [0.25, 0.3) is 0 Å². The molecule has 0 radical (unpaired) electrons. The van der Waals surface area contributed by atoms with Gasteiger partial charge < -0.3 is 9.47 Å². The van der Waals surface area contributed by atoms with Crippen LogP contribution in [0.1, 0.15) is 33.2 Å². The number of ether oxygens (including phenoxy) is 2. The van der Waals surface area contributed by atoms with Crippen molar-refractivity contribution in [3.05, 3.63) is 65.2 Å². The summed E-state index contributed by atoms with van der Waals surface area (Å²) in [5.74, 6) is 5.13. The van der Waals surface area contributed by atoms with Crippen LogP contribution in [0.4, 0.5) is 0 Å². The average Bonchev–Trinajstić information content (AvgIpc) is 2.55. The molecule has 0 aromatic heterocycles. The second-order valence-electron chi connectivity index (χ2n) is 4.36. The van der Waals surface area contributed by atoms with Gasteiger partial charge in [0.05, 0.1) is 18.2 Å². The minimum Gasteiger partial charge on any atom is -0.465 e. The molecule has 0 aliphatic rings. The summed E-state index contributed by atoms with van der Waals surface area (Å²) in [5, 5.41) is 0. The van der Waals surface area contributed by atoms with E-state index in [9.17, 15) is 9.59 Å². The Balaban J connectivity index is 2.07. The van der Waals surface area contributed by atoms with Gasteiger partial charge in [-0.3, -0.25) is 0 Å². The number of carbonyl (C=O) groups is 2. The van der Waals surface area contributed by atoms with Crippen LogP contribution in [0.2, 0.25) is 0 Å². The topological polar surface area (TPSA) is 52.6 Å². The van der Waals surface area contributed by atoms with Gasteiger partial charge in [0.1, 0.15) is 5.75 Å². The molecule has 0 saturated heterocycles. The summed E-state index contributed by atoms with van der Waals surface area (Å²) >= 11 is 0. The Kier molecular flexibility index (Phi) is 4.94. The summed E-state index contributed by atoms with van der Waals surface area (Å²) in [6, 6.07) is 13.0. The first-order chi connectivity index (χ1) is 10.6. The highest BCUT2D eigenvalue weighted by atomic mass is 16.5. The van der Waals surface area contributed by atoms with Gasteiger partial charge in [-0.05, 0) is 55.5 Å². The maximum Gasteiger partial charge on any atom is 0.343 e. The highest BCUT2D eigenvalue weighted by molar-refractivity contribution is 5.92. The predicted molar refractivity (Wildman–Crippen MR) is 81.7 cm³/mol. The molecule has 2 aromatic carbocycles. The molecular formula is C18H14O4. The minimum atomic E-state index is -0.471. The SMILES string of the molecule is CC#Cc1ccc(C(=O)Oc2ccc(C(=O)OC)cc2)cc1. The molecule has 0 amide bonds. The zero-order chi connectivity index (χ0) is 15.9. The lowest BCUT2D eigenvalue weighted by Crippen LogP contribution is -2.08. The molecule has 0 heterocycles. The summed E-state index contributed by atoms with van der Waals surface area (Å²) in [6.45, 7) is 1.75. The quantitative estimate of drug-likeness (QED) is 0.496. The number of carbonyl (C=O) groups excluding carboxylic acids is 2. The largest absolute Gasteiger partial charge is 0.465 e. The van der Waals surface area contributed by atoms with Gasteiger partial charge in [-0.2, -0.15) is 0 Å². The van der Waals surface area contributed by atoms with Crippen LogP contribution in [-0.2, 0) is 4.74 Å². The predicted octanol–water partition coefficient (Wildman–Crippen LogP) is 3.06. The molecule has 0 aliphatic heterocycles. The first-order valence-corrected chi connectivity index (χ1v) is 6.57. The summed E-state index contributed by atoms with van der Waals surface area (Å²) in [7, 11) is 1.31. The van der Waals surface area contributed by atoms with Crippen LogP contribution in [-0.4, -0.2) is 19.0 Å². The van der Waals surface area contributed by atoms with Crippen LogP contribution < -0.4 is 4.74 Å². The highest BCUT2D eigenvalue weighted by Gasteiger charge is 2.10. The molecule has 0 atom stereocenters. The first-order valence-electron chi connectivity index (χ1n) is 6.57. The second kappa shape index (κ2) is 7.09. The molecule has 110 valence electrons. The van der Waals surface area contributed by atoms with Crippen LogP contribution in [0.5, 0.6) is 5.75 Å². The first kappa shape index (κ1) is 15.3. The smallest absolute Gasteiger partial charge is 0.343 e. The van der Waals surface area contributed by atoms with Gasteiger partial charge >= 0.3 is 11.9 Å². The number of methoxy groups -OCH3 is 1. The number of rotatable bonds is 3. The molecule has 0 unspecified atom stereocenters. The Morgan fingerprint density at radius 2 is 1.41 bits per heavy atom. The monoisotopic (exact) mass is 294 g/mol. The van der Waals surface area contributed by atoms with Gasteiger partial charge in [0.15, 0.2) is 0 Å². The Morgan fingerprint density at radius 3 is 1.95 bits per heavy atom. The average molecular weight is 294 g/mol. The molecule has 0 bridgehead atoms. The molecule has 22 heavy (non-hydrogen) atoms. The molecule has 0 aliphatic carbocycles. The normalized spacial score (nSPS) is 9.36. The Labute approximate surface area is 128 Å². The van der Waals surface area contributed by atoms with E-state index < -0.39 is 11.9 Å². The fraction of sp³-hybridized carbons (Fsp3) is 0.111. The fourth-order valence-electron chi connectivity index (χ4n) is 1.78. The van der Waals surface area contributed by atoms with Gasteiger partial charge in [-0.1, -0.05) is 5.92 Å². The van der Waals surface area contributed by atoms with Crippen molar-refractivity contribution in [3.63, 3.8) is 0 Å². The number of esters is 2. The zero-order valence-electron chi connectivity index (χ0n) is 12.3. The Hall–Kier alpha value is -3.06. The second-order valence-corrected chi connectivity index (χ2v) is 4.36. The van der Waals surface area contributed by atoms with Crippen LogP contribution in [0, 0.1) is 11.8 Å². The van der Waals surface area contributed by atoms with E-state index in [1.54, 1.807) is 43.3 Å². The third-order valence-corrected chi connectivity index (χ3v) is 2.88. The molecular weight excluding hydrogens is 280 g/mol. The molecule has 0 N–H and O–H groups in total. The van der Waals surface area contributed by atoms with Gasteiger partial charge in [0.2, 0.25) is 0 Å². The highest BCUT2D eigenvalue weighted by Crippen LogP contribution is 2.15. The van der Waals surface area contributed by atoms with Crippen molar-refractivity contribution < 1.29 is 19.1 Å². The maximum absolute atomic E-state index is 12.0. The van der Waals surface area contributed by atoms with Gasteiger partial charge in [0, 0.05) is 5.56 Å². The third-order valence-electron chi connectivity index (χ3n) is 2.88. The van der Waals surface area contributed by atoms with Crippen molar-refractivity contribution >= 4 is 11.9 Å². The lowest BCUT2D eigenvalue weighted by molar-refractivity contribution is 0.0600. The lowest BCUT2D eigenvalue weighted by atomic mass is 10.1. The molecule has 4 heteroatoms. The van der Waals surface area contributed by atoms with E-state index in [-0.39, 0.29) is 0 Å². The zero-order valence-corrected chi connectivity index (χ0v) is 12.3. The summed E-state index contributed by atoms with van der Waals surface area (Å²) < 4.78 is 9.84. The number of benzene rings is 2. The van der Waals surface area contributed by atoms with E-state index in [4.69, 9.17) is 4.74 Å². The van der Waals surface area contributed by atoms with E-state index in [1.807, 2.05) is 0 Å². The summed E-state index contributed by atoms with van der Waals surface area (Å²) in [4.78, 5) is 23.3. The van der Waals surface area contributed by atoms with Crippen molar-refractivity contribution in [1.29, 1.82) is 0 Å². The van der Waals surface area contributed by atoms with Crippen molar-refractivity contribution in [1.82, 2.24) is 0 Å². The van der Waals surface area contributed by atoms with Crippen molar-refractivity contribution in [2.45, 2.75) is 6.92 Å². The molecule has 4 nitrogen and oxygen atoms in total. The molecule has 0 saturated carbocycles. The Morgan fingerprint density at radius 1 is 0.864 bits per heavy atom. The number of hydrogen-bond donors (Lipinski definition) is 0. The van der Waals surface area contributed by atoms with Crippen molar-refractivity contribution in [2.24, 2.45) is 0 Å². The van der Waals surface area contributed by atoms with Crippen molar-refractivity contribution in [3.8, 4) is 17.6 Å². The number of hydrogen-bond acceptors (Lipinski definition) is 4. The van der Waals surface area contributed by atoms with Gasteiger partial charge in [-0.15, -0.1) is 5.92 Å². The van der Waals surface area contributed by atoms with Crippen LogP contribution in [0.3, 0.4) is 0 Å². The summed E-state index contributed by atoms with van der Waals surface area (Å²) in [6.07, 6.45) is 0. The minimum absolute atomic E-state index is 0.357. The van der Waals surface area contributed by atoms with Crippen molar-refractivity contribution in [2.75, 3.05) is 7.11 Å². The Bertz CT molecular complexity index is 731. The van der Waals surface area contributed by atoms with E-state index in [0.29, 0.717) is 16.9 Å². The summed E-state index contributed by atoms with van der Waals surface area (Å²) in [5.41, 5.74) is 1.66. The lowest BCUT2D eigenvalue weighted by Gasteiger charge is -2.05.